The number of halogens is 1. The number of benzene rings is 1. The first kappa shape index (κ1) is 10.6. The second kappa shape index (κ2) is 3.93. The molecule has 2 heteroatoms. The lowest BCUT2D eigenvalue weighted by atomic mass is 9.96. The second-order valence-corrected chi connectivity index (χ2v) is 4.79. The van der Waals surface area contributed by atoms with Crippen molar-refractivity contribution in [1.29, 1.82) is 0 Å². The van der Waals surface area contributed by atoms with Gasteiger partial charge in [0, 0.05) is 0 Å². The molecule has 1 aromatic rings. The average molecular weight is 207 g/mol. The molecule has 1 nitrogen and oxygen atoms in total. The monoisotopic (exact) mass is 207 g/mol. The minimum atomic E-state index is -0.112. The Hall–Kier alpha value is -0.890. The Morgan fingerprint density at radius 2 is 2.13 bits per heavy atom. The Balaban J connectivity index is 1.96. The maximum absolute atomic E-state index is 13.0. The molecule has 1 aromatic carbocycles. The standard InChI is InChI=1S/C13H18FN/c1-10-8-11(2-3-12(10)14)4-5-13(9-15)6-7-13/h2-3,8H,4-7,9,15H2,1H3. The zero-order valence-corrected chi connectivity index (χ0v) is 9.22. The molecule has 0 atom stereocenters. The Bertz CT molecular complexity index is 356. The predicted octanol–water partition coefficient (Wildman–Crippen LogP) is 2.81. The van der Waals surface area contributed by atoms with Crippen LogP contribution in [0.15, 0.2) is 18.2 Å². The van der Waals surface area contributed by atoms with Gasteiger partial charge in [-0.05, 0) is 61.8 Å². The van der Waals surface area contributed by atoms with Gasteiger partial charge in [0.05, 0.1) is 0 Å². The van der Waals surface area contributed by atoms with Crippen LogP contribution in [0.1, 0.15) is 30.4 Å². The first-order valence-corrected chi connectivity index (χ1v) is 5.60. The van der Waals surface area contributed by atoms with Gasteiger partial charge < -0.3 is 5.73 Å². The highest BCUT2D eigenvalue weighted by Gasteiger charge is 2.40. The van der Waals surface area contributed by atoms with Crippen LogP contribution in [-0.2, 0) is 6.42 Å². The number of hydrogen-bond acceptors (Lipinski definition) is 1. The lowest BCUT2D eigenvalue weighted by molar-refractivity contribution is 0.478. The topological polar surface area (TPSA) is 26.0 Å². The van der Waals surface area contributed by atoms with E-state index in [1.807, 2.05) is 19.1 Å². The number of hydrogen-bond donors (Lipinski definition) is 1. The molecule has 2 N–H and O–H groups in total. The summed E-state index contributed by atoms with van der Waals surface area (Å²) in [5.74, 6) is -0.112. The van der Waals surface area contributed by atoms with Gasteiger partial charge in [-0.1, -0.05) is 12.1 Å². The molecule has 0 saturated heterocycles. The van der Waals surface area contributed by atoms with Crippen molar-refractivity contribution in [2.75, 3.05) is 6.54 Å². The van der Waals surface area contributed by atoms with E-state index in [9.17, 15) is 4.39 Å². The second-order valence-electron chi connectivity index (χ2n) is 4.79. The summed E-state index contributed by atoms with van der Waals surface area (Å²) in [7, 11) is 0. The Labute approximate surface area is 90.5 Å². The highest BCUT2D eigenvalue weighted by Crippen LogP contribution is 2.48. The summed E-state index contributed by atoms with van der Waals surface area (Å²) in [6, 6.07) is 5.39. The highest BCUT2D eigenvalue weighted by atomic mass is 19.1. The maximum Gasteiger partial charge on any atom is 0.126 e. The maximum atomic E-state index is 13.0. The fourth-order valence-corrected chi connectivity index (χ4v) is 2.00. The van der Waals surface area contributed by atoms with Crippen LogP contribution in [0.5, 0.6) is 0 Å². The molecule has 2 rings (SSSR count). The lowest BCUT2D eigenvalue weighted by Crippen LogP contribution is -2.16. The molecule has 0 radical (unpaired) electrons. The third kappa shape index (κ3) is 2.37. The molecule has 0 amide bonds. The van der Waals surface area contributed by atoms with E-state index in [1.54, 1.807) is 6.07 Å². The van der Waals surface area contributed by atoms with Crippen LogP contribution in [0.25, 0.3) is 0 Å². The predicted molar refractivity (Wildman–Crippen MR) is 60.2 cm³/mol. The van der Waals surface area contributed by atoms with Crippen molar-refractivity contribution in [3.8, 4) is 0 Å². The van der Waals surface area contributed by atoms with Gasteiger partial charge in [0.1, 0.15) is 5.82 Å². The zero-order chi connectivity index (χ0) is 10.9. The van der Waals surface area contributed by atoms with Crippen LogP contribution in [0.2, 0.25) is 0 Å². The molecule has 0 heterocycles. The van der Waals surface area contributed by atoms with Crippen molar-refractivity contribution in [3.05, 3.63) is 35.1 Å². The van der Waals surface area contributed by atoms with Gasteiger partial charge in [0.15, 0.2) is 0 Å². The third-order valence-corrected chi connectivity index (χ3v) is 3.56. The summed E-state index contributed by atoms with van der Waals surface area (Å²) in [5, 5.41) is 0. The minimum absolute atomic E-state index is 0.112. The summed E-state index contributed by atoms with van der Waals surface area (Å²) >= 11 is 0. The SMILES string of the molecule is Cc1cc(CCC2(CN)CC2)ccc1F. The molecule has 1 aliphatic rings. The van der Waals surface area contributed by atoms with Crippen LogP contribution in [0.3, 0.4) is 0 Å². The fourth-order valence-electron chi connectivity index (χ4n) is 2.00. The molecule has 1 saturated carbocycles. The van der Waals surface area contributed by atoms with Crippen molar-refractivity contribution in [2.24, 2.45) is 11.1 Å². The van der Waals surface area contributed by atoms with Gasteiger partial charge in [-0.25, -0.2) is 4.39 Å². The van der Waals surface area contributed by atoms with Crippen molar-refractivity contribution in [2.45, 2.75) is 32.6 Å². The van der Waals surface area contributed by atoms with Gasteiger partial charge in [-0.3, -0.25) is 0 Å². The molecule has 0 aliphatic heterocycles. The van der Waals surface area contributed by atoms with Gasteiger partial charge in [-0.2, -0.15) is 0 Å². The molecule has 15 heavy (non-hydrogen) atoms. The summed E-state index contributed by atoms with van der Waals surface area (Å²) in [6.45, 7) is 2.61. The smallest absolute Gasteiger partial charge is 0.126 e. The largest absolute Gasteiger partial charge is 0.330 e. The van der Waals surface area contributed by atoms with Crippen LogP contribution in [0.4, 0.5) is 4.39 Å². The Morgan fingerprint density at radius 3 is 2.67 bits per heavy atom. The highest BCUT2D eigenvalue weighted by molar-refractivity contribution is 5.24. The molecule has 1 aliphatic carbocycles. The van der Waals surface area contributed by atoms with E-state index >= 15 is 0 Å². The molecule has 82 valence electrons. The number of nitrogens with two attached hydrogens (primary N) is 1. The molecule has 0 spiro atoms. The van der Waals surface area contributed by atoms with E-state index in [-0.39, 0.29) is 5.82 Å². The van der Waals surface area contributed by atoms with Crippen LogP contribution in [-0.4, -0.2) is 6.54 Å². The Kier molecular flexibility index (Phi) is 2.79. The Morgan fingerprint density at radius 1 is 1.40 bits per heavy atom. The van der Waals surface area contributed by atoms with E-state index < -0.39 is 0 Å². The van der Waals surface area contributed by atoms with Gasteiger partial charge >= 0.3 is 0 Å². The van der Waals surface area contributed by atoms with E-state index in [0.29, 0.717) is 5.41 Å². The van der Waals surface area contributed by atoms with Crippen molar-refractivity contribution in [1.82, 2.24) is 0 Å². The van der Waals surface area contributed by atoms with Crippen LogP contribution in [0, 0.1) is 18.2 Å². The van der Waals surface area contributed by atoms with E-state index in [0.717, 1.165) is 24.9 Å². The molecular formula is C13H18FN. The molecule has 0 unspecified atom stereocenters. The zero-order valence-electron chi connectivity index (χ0n) is 9.22. The number of rotatable bonds is 4. The quantitative estimate of drug-likeness (QED) is 0.807. The minimum Gasteiger partial charge on any atom is -0.330 e. The summed E-state index contributed by atoms with van der Waals surface area (Å²) < 4.78 is 13.0. The molecule has 0 aromatic heterocycles. The van der Waals surface area contributed by atoms with E-state index in [2.05, 4.69) is 0 Å². The molecule has 1 fully saturated rings. The van der Waals surface area contributed by atoms with Gasteiger partial charge in [0.25, 0.3) is 0 Å². The van der Waals surface area contributed by atoms with E-state index in [1.165, 1.54) is 18.4 Å². The van der Waals surface area contributed by atoms with Crippen molar-refractivity contribution >= 4 is 0 Å². The molecule has 0 bridgehead atoms. The van der Waals surface area contributed by atoms with Gasteiger partial charge in [0.2, 0.25) is 0 Å². The fraction of sp³-hybridized carbons (Fsp3) is 0.538. The van der Waals surface area contributed by atoms with Gasteiger partial charge in [-0.15, -0.1) is 0 Å². The lowest BCUT2D eigenvalue weighted by Gasteiger charge is -2.11. The summed E-state index contributed by atoms with van der Waals surface area (Å²) in [4.78, 5) is 0. The number of aryl methyl sites for hydroxylation is 2. The van der Waals surface area contributed by atoms with Crippen molar-refractivity contribution in [3.63, 3.8) is 0 Å². The average Bonchev–Trinajstić information content (AvgIpc) is 3.01. The third-order valence-electron chi connectivity index (χ3n) is 3.56. The first-order valence-electron chi connectivity index (χ1n) is 5.60. The van der Waals surface area contributed by atoms with Crippen LogP contribution >= 0.6 is 0 Å². The summed E-state index contributed by atoms with van der Waals surface area (Å²) in [6.07, 6.45) is 4.71. The normalized spacial score (nSPS) is 17.8. The summed E-state index contributed by atoms with van der Waals surface area (Å²) in [5.41, 5.74) is 8.12. The van der Waals surface area contributed by atoms with Crippen LogP contribution < -0.4 is 5.73 Å². The molecular weight excluding hydrogens is 189 g/mol. The van der Waals surface area contributed by atoms with E-state index in [4.69, 9.17) is 5.73 Å². The van der Waals surface area contributed by atoms with Crippen molar-refractivity contribution < 1.29 is 4.39 Å². The first-order chi connectivity index (χ1) is 7.15.